The molecule has 0 saturated heterocycles. The number of rotatable bonds is 11. The van der Waals surface area contributed by atoms with Crippen LogP contribution in [0.15, 0.2) is 45.6 Å². The lowest BCUT2D eigenvalue weighted by atomic mass is 9.71. The van der Waals surface area contributed by atoms with Gasteiger partial charge in [0, 0.05) is 30.4 Å². The highest BCUT2D eigenvalue weighted by atomic mass is 16.5. The van der Waals surface area contributed by atoms with E-state index in [1.54, 1.807) is 0 Å². The number of phenolic OH excluding ortho intramolecular Hbond substituents is 1. The average Bonchev–Trinajstić information content (AvgIpc) is 2.95. The van der Waals surface area contributed by atoms with E-state index in [1.165, 1.54) is 64.9 Å². The van der Waals surface area contributed by atoms with Gasteiger partial charge in [0.15, 0.2) is 17.1 Å². The highest BCUT2D eigenvalue weighted by Crippen LogP contribution is 2.41. The van der Waals surface area contributed by atoms with Crippen LogP contribution in [-0.2, 0) is 0 Å². The molecule has 39 heavy (non-hydrogen) atoms. The second-order valence-electron chi connectivity index (χ2n) is 11.0. The van der Waals surface area contributed by atoms with Crippen LogP contribution in [0.1, 0.15) is 58.8 Å². The van der Waals surface area contributed by atoms with E-state index < -0.39 is 0 Å². The van der Waals surface area contributed by atoms with Gasteiger partial charge in [-0.05, 0) is 88.0 Å². The van der Waals surface area contributed by atoms with Crippen LogP contribution in [-0.4, -0.2) is 56.9 Å². The molecule has 1 aliphatic carbocycles. The summed E-state index contributed by atoms with van der Waals surface area (Å²) >= 11 is 0. The quantitative estimate of drug-likeness (QED) is 0.274. The maximum absolute atomic E-state index is 13.1. The third-order valence-electron chi connectivity index (χ3n) is 8.95. The number of nitrogens with zero attached hydrogens (tertiary/aromatic N) is 2. The van der Waals surface area contributed by atoms with Crippen molar-refractivity contribution < 1.29 is 19.0 Å². The molecule has 1 N–H and O–H groups in total. The molecule has 0 radical (unpaired) electrons. The van der Waals surface area contributed by atoms with Gasteiger partial charge in [-0.2, -0.15) is 0 Å². The van der Waals surface area contributed by atoms with E-state index in [2.05, 4.69) is 37.7 Å². The second-order valence-corrected chi connectivity index (χ2v) is 11.0. The molecule has 2 unspecified atom stereocenters. The summed E-state index contributed by atoms with van der Waals surface area (Å²) < 4.78 is 16.9. The number of fused-ring (bicyclic) bond motifs is 1. The van der Waals surface area contributed by atoms with E-state index in [0.717, 1.165) is 31.1 Å². The molecule has 0 amide bonds. The van der Waals surface area contributed by atoms with Crippen LogP contribution < -0.4 is 19.8 Å². The van der Waals surface area contributed by atoms with Crippen LogP contribution in [0.3, 0.4) is 0 Å². The zero-order valence-corrected chi connectivity index (χ0v) is 24.4. The van der Waals surface area contributed by atoms with Crippen molar-refractivity contribution in [3.63, 3.8) is 0 Å². The Bertz CT molecular complexity index is 1320. The number of hydrogen-bond acceptors (Lipinski definition) is 7. The summed E-state index contributed by atoms with van der Waals surface area (Å²) in [6.07, 6.45) is 8.91. The monoisotopic (exact) mass is 536 g/mol. The van der Waals surface area contributed by atoms with Crippen LogP contribution >= 0.6 is 0 Å². The van der Waals surface area contributed by atoms with E-state index >= 15 is 0 Å². The molecule has 1 fully saturated rings. The molecular weight excluding hydrogens is 492 g/mol. The van der Waals surface area contributed by atoms with Gasteiger partial charge in [0.25, 0.3) is 0 Å². The number of methoxy groups -OCH3 is 2. The number of phenols is 1. The van der Waals surface area contributed by atoms with Gasteiger partial charge in [-0.15, -0.1) is 0 Å². The van der Waals surface area contributed by atoms with Gasteiger partial charge >= 0.3 is 0 Å². The Morgan fingerprint density at radius 2 is 1.69 bits per heavy atom. The van der Waals surface area contributed by atoms with Crippen LogP contribution in [0.4, 0.5) is 5.69 Å². The minimum Gasteiger partial charge on any atom is -0.504 e. The summed E-state index contributed by atoms with van der Waals surface area (Å²) in [6.45, 7) is 6.89. The SMILES string of the molecule is CCC1(N(C)CCCCN(C)c2ccc(-c3oc4c(OC)c(O)ccc4c(=O)c3OC)cc2)CCCCC1C. The summed E-state index contributed by atoms with van der Waals surface area (Å²) in [7, 11) is 7.32. The van der Waals surface area contributed by atoms with Gasteiger partial charge in [-0.1, -0.05) is 26.7 Å². The van der Waals surface area contributed by atoms with Crippen LogP contribution in [0, 0.1) is 5.92 Å². The molecule has 0 aliphatic heterocycles. The number of anilines is 1. The van der Waals surface area contributed by atoms with Gasteiger partial charge in [0.05, 0.1) is 19.6 Å². The molecular formula is C32H44N2O5. The van der Waals surface area contributed by atoms with Gasteiger partial charge in [-0.3, -0.25) is 4.79 Å². The molecule has 0 spiro atoms. The van der Waals surface area contributed by atoms with Crippen molar-refractivity contribution in [3.8, 4) is 28.6 Å². The van der Waals surface area contributed by atoms with Crippen molar-refractivity contribution in [3.05, 3.63) is 46.6 Å². The highest BCUT2D eigenvalue weighted by Gasteiger charge is 2.39. The fourth-order valence-electron chi connectivity index (χ4n) is 6.45. The average molecular weight is 537 g/mol. The van der Waals surface area contributed by atoms with Gasteiger partial charge in [0.2, 0.25) is 16.9 Å². The summed E-state index contributed by atoms with van der Waals surface area (Å²) in [5.41, 5.74) is 2.04. The van der Waals surface area contributed by atoms with Crippen molar-refractivity contribution in [1.82, 2.24) is 4.90 Å². The van der Waals surface area contributed by atoms with Crippen LogP contribution in [0.2, 0.25) is 0 Å². The Morgan fingerprint density at radius 3 is 2.33 bits per heavy atom. The molecule has 1 saturated carbocycles. The predicted octanol–water partition coefficient (Wildman–Crippen LogP) is 6.69. The largest absolute Gasteiger partial charge is 0.504 e. The first kappa shape index (κ1) is 28.8. The third kappa shape index (κ3) is 5.60. The number of unbranched alkanes of at least 4 members (excludes halogenated alkanes) is 1. The number of ether oxygens (including phenoxy) is 2. The maximum Gasteiger partial charge on any atom is 0.235 e. The lowest BCUT2D eigenvalue weighted by Crippen LogP contribution is -2.52. The van der Waals surface area contributed by atoms with Gasteiger partial charge in [0.1, 0.15) is 0 Å². The fourth-order valence-corrected chi connectivity index (χ4v) is 6.45. The van der Waals surface area contributed by atoms with Gasteiger partial charge < -0.3 is 28.8 Å². The second kappa shape index (κ2) is 12.3. The first-order chi connectivity index (χ1) is 18.8. The topological polar surface area (TPSA) is 75.4 Å². The van der Waals surface area contributed by atoms with Crippen molar-refractivity contribution in [1.29, 1.82) is 0 Å². The third-order valence-corrected chi connectivity index (χ3v) is 8.95. The Kier molecular flexibility index (Phi) is 9.11. The Balaban J connectivity index is 1.44. The minimum atomic E-state index is -0.314. The number of benzene rings is 2. The van der Waals surface area contributed by atoms with E-state index in [-0.39, 0.29) is 33.6 Å². The lowest BCUT2D eigenvalue weighted by Gasteiger charge is -2.49. The molecule has 212 valence electrons. The Hall–Kier alpha value is -3.19. The molecule has 3 aromatic rings. The summed E-state index contributed by atoms with van der Waals surface area (Å²) in [4.78, 5) is 18.0. The molecule has 7 nitrogen and oxygen atoms in total. The molecule has 1 aliphatic rings. The minimum absolute atomic E-state index is 0.0921. The van der Waals surface area contributed by atoms with Crippen molar-refractivity contribution >= 4 is 16.7 Å². The van der Waals surface area contributed by atoms with Crippen LogP contribution in [0.5, 0.6) is 17.2 Å². The predicted molar refractivity (Wildman–Crippen MR) is 158 cm³/mol. The highest BCUT2D eigenvalue weighted by molar-refractivity contribution is 5.88. The van der Waals surface area contributed by atoms with Crippen molar-refractivity contribution in [2.45, 2.75) is 64.3 Å². The Morgan fingerprint density at radius 1 is 1.00 bits per heavy atom. The molecule has 2 atom stereocenters. The molecule has 1 heterocycles. The molecule has 0 bridgehead atoms. The number of aromatic hydroxyl groups is 1. The standard InChI is InChI=1S/C32H44N2O5/c1-7-32(19-9-8-12-22(32)2)34(4)21-11-10-20-33(3)24-15-13-23(14-16-24)28-31(38-6)27(36)25-17-18-26(35)30(37-5)29(25)39-28/h13-18,22,35H,7-12,19-21H2,1-6H3. The Labute approximate surface area is 232 Å². The maximum atomic E-state index is 13.1. The zero-order chi connectivity index (χ0) is 28.2. The van der Waals surface area contributed by atoms with Crippen molar-refractivity contribution in [2.75, 3.05) is 46.3 Å². The van der Waals surface area contributed by atoms with E-state index in [4.69, 9.17) is 13.9 Å². The molecule has 1 aromatic heterocycles. The van der Waals surface area contributed by atoms with Crippen LogP contribution in [0.25, 0.3) is 22.3 Å². The summed E-state index contributed by atoms with van der Waals surface area (Å²) in [6, 6.07) is 10.8. The molecule has 2 aromatic carbocycles. The first-order valence-electron chi connectivity index (χ1n) is 14.2. The molecule has 7 heteroatoms. The van der Waals surface area contributed by atoms with E-state index in [1.807, 2.05) is 24.3 Å². The fraction of sp³-hybridized carbons (Fsp3) is 0.531. The molecule has 4 rings (SSSR count). The van der Waals surface area contributed by atoms with Crippen molar-refractivity contribution in [2.24, 2.45) is 5.92 Å². The van der Waals surface area contributed by atoms with Gasteiger partial charge in [-0.25, -0.2) is 0 Å². The lowest BCUT2D eigenvalue weighted by molar-refractivity contribution is 0.0216. The summed E-state index contributed by atoms with van der Waals surface area (Å²) in [5.74, 6) is 1.22. The van der Waals surface area contributed by atoms with E-state index in [9.17, 15) is 9.90 Å². The normalized spacial score (nSPS) is 19.4. The van der Waals surface area contributed by atoms with E-state index in [0.29, 0.717) is 16.9 Å². The smallest absolute Gasteiger partial charge is 0.235 e. The zero-order valence-electron chi connectivity index (χ0n) is 24.4. The summed E-state index contributed by atoms with van der Waals surface area (Å²) in [5, 5.41) is 10.5. The number of hydrogen-bond donors (Lipinski definition) is 1. The first-order valence-corrected chi connectivity index (χ1v) is 14.2.